The Kier molecular flexibility index (Phi) is 10.5. The molecule has 8 heteroatoms. The molecule has 0 spiro atoms. The summed E-state index contributed by atoms with van der Waals surface area (Å²) in [6.07, 6.45) is 4.16. The van der Waals surface area contributed by atoms with Gasteiger partial charge >= 0.3 is 0 Å². The SMILES string of the molecule is CCCCN(CCCC)S(=O)(=O)c1ccc(CCNC(=O)c2cc(Cl)ccc2OC)cc1. The molecule has 0 unspecified atom stereocenters. The molecule has 0 fully saturated rings. The van der Waals surface area contributed by atoms with Crippen molar-refractivity contribution < 1.29 is 17.9 Å². The molecule has 2 aromatic carbocycles. The van der Waals surface area contributed by atoms with Gasteiger partial charge in [0.15, 0.2) is 0 Å². The Bertz CT molecular complexity index is 970. The van der Waals surface area contributed by atoms with Gasteiger partial charge in [-0.2, -0.15) is 4.31 Å². The molecule has 1 N–H and O–H groups in total. The van der Waals surface area contributed by atoms with Crippen LogP contribution in [0.25, 0.3) is 0 Å². The number of unbranched alkanes of at least 4 members (excludes halogenated alkanes) is 2. The molecule has 0 saturated heterocycles. The van der Waals surface area contributed by atoms with Crippen LogP contribution in [0.1, 0.15) is 55.5 Å². The van der Waals surface area contributed by atoms with Crippen molar-refractivity contribution in [2.24, 2.45) is 0 Å². The van der Waals surface area contributed by atoms with Gasteiger partial charge in [0.2, 0.25) is 10.0 Å². The molecule has 0 radical (unpaired) electrons. The predicted octanol–water partition coefficient (Wildman–Crippen LogP) is 4.91. The molecule has 32 heavy (non-hydrogen) atoms. The van der Waals surface area contributed by atoms with Crippen LogP contribution in [0.2, 0.25) is 5.02 Å². The topological polar surface area (TPSA) is 75.7 Å². The second-order valence-corrected chi connectivity index (χ2v) is 9.98. The lowest BCUT2D eigenvalue weighted by Gasteiger charge is -2.22. The standard InChI is InChI=1S/C24H33ClN2O4S/c1-4-6-16-27(17-7-5-2)32(29,30)21-11-8-19(9-12-21)14-15-26-24(28)22-18-20(25)10-13-23(22)31-3/h8-13,18H,4-7,14-17H2,1-3H3,(H,26,28). The normalized spacial score (nSPS) is 11.5. The average Bonchev–Trinajstić information content (AvgIpc) is 2.79. The van der Waals surface area contributed by atoms with Crippen molar-refractivity contribution in [3.63, 3.8) is 0 Å². The number of nitrogens with zero attached hydrogens (tertiary/aromatic N) is 1. The lowest BCUT2D eigenvalue weighted by molar-refractivity contribution is 0.0951. The number of sulfonamides is 1. The lowest BCUT2D eigenvalue weighted by Crippen LogP contribution is -2.33. The van der Waals surface area contributed by atoms with Crippen LogP contribution in [-0.4, -0.2) is 45.4 Å². The van der Waals surface area contributed by atoms with Gasteiger partial charge < -0.3 is 10.1 Å². The van der Waals surface area contributed by atoms with Crippen molar-refractivity contribution in [1.29, 1.82) is 0 Å². The van der Waals surface area contributed by atoms with Gasteiger partial charge in [-0.1, -0.05) is 50.4 Å². The summed E-state index contributed by atoms with van der Waals surface area (Å²) in [5.41, 5.74) is 1.32. The Morgan fingerprint density at radius 3 is 2.22 bits per heavy atom. The summed E-state index contributed by atoms with van der Waals surface area (Å²) in [6.45, 7) is 5.60. The molecule has 0 aliphatic heterocycles. The van der Waals surface area contributed by atoms with Crippen LogP contribution >= 0.6 is 11.6 Å². The zero-order valence-electron chi connectivity index (χ0n) is 19.1. The molecule has 2 aromatic rings. The van der Waals surface area contributed by atoms with Crippen LogP contribution in [0.15, 0.2) is 47.4 Å². The van der Waals surface area contributed by atoms with Crippen molar-refractivity contribution in [3.8, 4) is 5.75 Å². The Labute approximate surface area is 197 Å². The van der Waals surface area contributed by atoms with Crippen LogP contribution < -0.4 is 10.1 Å². The van der Waals surface area contributed by atoms with E-state index in [4.69, 9.17) is 16.3 Å². The number of nitrogens with one attached hydrogen (secondary N) is 1. The van der Waals surface area contributed by atoms with E-state index in [0.29, 0.717) is 47.3 Å². The van der Waals surface area contributed by atoms with Crippen molar-refractivity contribution >= 4 is 27.5 Å². The summed E-state index contributed by atoms with van der Waals surface area (Å²) >= 11 is 5.99. The molecule has 2 rings (SSSR count). The average molecular weight is 481 g/mol. The third-order valence-electron chi connectivity index (χ3n) is 5.19. The summed E-state index contributed by atoms with van der Waals surface area (Å²) < 4.78 is 32.9. The maximum Gasteiger partial charge on any atom is 0.255 e. The van der Waals surface area contributed by atoms with Crippen molar-refractivity contribution in [2.75, 3.05) is 26.7 Å². The predicted molar refractivity (Wildman–Crippen MR) is 129 cm³/mol. The van der Waals surface area contributed by atoms with Gasteiger partial charge in [0, 0.05) is 24.7 Å². The zero-order valence-corrected chi connectivity index (χ0v) is 20.6. The number of ether oxygens (including phenoxy) is 1. The van der Waals surface area contributed by atoms with Gasteiger partial charge in [-0.3, -0.25) is 4.79 Å². The van der Waals surface area contributed by atoms with Crippen LogP contribution in [0, 0.1) is 0 Å². The molecule has 176 valence electrons. The highest BCUT2D eigenvalue weighted by Crippen LogP contribution is 2.22. The molecule has 0 heterocycles. The van der Waals surface area contributed by atoms with Gasteiger partial charge in [0.1, 0.15) is 5.75 Å². The molecule has 0 aliphatic rings. The number of methoxy groups -OCH3 is 1. The maximum atomic E-state index is 13.0. The summed E-state index contributed by atoms with van der Waals surface area (Å²) in [6, 6.07) is 11.8. The van der Waals surface area contributed by atoms with Crippen LogP contribution in [0.5, 0.6) is 5.75 Å². The fraction of sp³-hybridized carbons (Fsp3) is 0.458. The van der Waals surface area contributed by atoms with E-state index in [9.17, 15) is 13.2 Å². The molecule has 1 amide bonds. The summed E-state index contributed by atoms with van der Waals surface area (Å²) in [5.74, 6) is 0.184. The third kappa shape index (κ3) is 7.22. The van der Waals surface area contributed by atoms with Gasteiger partial charge in [0.25, 0.3) is 5.91 Å². The zero-order chi connectivity index (χ0) is 23.6. The first-order valence-corrected chi connectivity index (χ1v) is 12.9. The number of hydrogen-bond acceptors (Lipinski definition) is 4. The minimum atomic E-state index is -3.51. The molecular weight excluding hydrogens is 448 g/mol. The fourth-order valence-corrected chi connectivity index (χ4v) is 4.96. The molecule has 0 aromatic heterocycles. The van der Waals surface area contributed by atoms with E-state index >= 15 is 0 Å². The lowest BCUT2D eigenvalue weighted by atomic mass is 10.1. The van der Waals surface area contributed by atoms with E-state index in [1.165, 1.54) is 7.11 Å². The van der Waals surface area contributed by atoms with Crippen LogP contribution in [0.3, 0.4) is 0 Å². The Morgan fingerprint density at radius 1 is 1.03 bits per heavy atom. The van der Waals surface area contributed by atoms with E-state index in [0.717, 1.165) is 31.2 Å². The van der Waals surface area contributed by atoms with E-state index in [1.54, 1.807) is 46.8 Å². The van der Waals surface area contributed by atoms with Gasteiger partial charge in [-0.05, 0) is 55.2 Å². The quantitative estimate of drug-likeness (QED) is 0.442. The molecule has 0 atom stereocenters. The molecule has 0 bridgehead atoms. The molecule has 6 nitrogen and oxygen atoms in total. The highest BCUT2D eigenvalue weighted by Gasteiger charge is 2.23. The van der Waals surface area contributed by atoms with E-state index in [2.05, 4.69) is 19.2 Å². The molecular formula is C24H33ClN2O4S. The van der Waals surface area contributed by atoms with Crippen molar-refractivity contribution in [1.82, 2.24) is 9.62 Å². The minimum Gasteiger partial charge on any atom is -0.496 e. The van der Waals surface area contributed by atoms with Crippen LogP contribution in [-0.2, 0) is 16.4 Å². The number of halogens is 1. The van der Waals surface area contributed by atoms with Gasteiger partial charge in [0.05, 0.1) is 17.6 Å². The number of carbonyl (C=O) groups is 1. The molecule has 0 saturated carbocycles. The van der Waals surface area contributed by atoms with Crippen molar-refractivity contribution in [2.45, 2.75) is 50.8 Å². The highest BCUT2D eigenvalue weighted by molar-refractivity contribution is 7.89. The van der Waals surface area contributed by atoms with Crippen molar-refractivity contribution in [3.05, 3.63) is 58.6 Å². The monoisotopic (exact) mass is 480 g/mol. The number of carbonyl (C=O) groups excluding carboxylic acids is 1. The summed E-state index contributed by atoms with van der Waals surface area (Å²) in [5, 5.41) is 3.31. The van der Waals surface area contributed by atoms with E-state index in [1.807, 2.05) is 0 Å². The minimum absolute atomic E-state index is 0.272. The Balaban J connectivity index is 2.00. The number of benzene rings is 2. The second-order valence-electron chi connectivity index (χ2n) is 7.61. The van der Waals surface area contributed by atoms with E-state index in [-0.39, 0.29) is 5.91 Å². The first-order chi connectivity index (χ1) is 15.3. The maximum absolute atomic E-state index is 13.0. The first kappa shape index (κ1) is 26.2. The van der Waals surface area contributed by atoms with E-state index < -0.39 is 10.0 Å². The number of hydrogen-bond donors (Lipinski definition) is 1. The summed E-state index contributed by atoms with van der Waals surface area (Å²) in [4.78, 5) is 12.8. The Morgan fingerprint density at radius 2 is 1.66 bits per heavy atom. The van der Waals surface area contributed by atoms with Crippen LogP contribution in [0.4, 0.5) is 0 Å². The number of rotatable bonds is 13. The van der Waals surface area contributed by atoms with Gasteiger partial charge in [-0.25, -0.2) is 8.42 Å². The second kappa shape index (κ2) is 12.8. The molecule has 0 aliphatic carbocycles. The number of amides is 1. The first-order valence-electron chi connectivity index (χ1n) is 11.0. The van der Waals surface area contributed by atoms with Gasteiger partial charge in [-0.15, -0.1) is 0 Å². The smallest absolute Gasteiger partial charge is 0.255 e. The largest absolute Gasteiger partial charge is 0.496 e. The fourth-order valence-electron chi connectivity index (χ4n) is 3.27. The Hall–Kier alpha value is -2.09. The summed E-state index contributed by atoms with van der Waals surface area (Å²) in [7, 11) is -2.01. The highest BCUT2D eigenvalue weighted by atomic mass is 35.5. The third-order valence-corrected chi connectivity index (χ3v) is 7.34.